The van der Waals surface area contributed by atoms with Crippen LogP contribution in [0.3, 0.4) is 0 Å². The molecule has 1 N–H and O–H groups in total. The van der Waals surface area contributed by atoms with Crippen LogP contribution < -0.4 is 0 Å². The molecule has 1 aromatic heterocycles. The Hall–Kier alpha value is -0.810. The summed E-state index contributed by atoms with van der Waals surface area (Å²) in [6, 6.07) is 2.27. The molecule has 23 heavy (non-hydrogen) atoms. The zero-order valence-corrected chi connectivity index (χ0v) is 15.9. The minimum Gasteiger partial charge on any atom is -0.354 e. The fourth-order valence-electron chi connectivity index (χ4n) is 2.49. The SMILES string of the molecule is CCCCCCCCCCn1ccc(CCC)c1.CS(=O)(=O)O. The van der Waals surface area contributed by atoms with Gasteiger partial charge < -0.3 is 4.57 Å². The summed E-state index contributed by atoms with van der Waals surface area (Å²) in [6.45, 7) is 5.73. The monoisotopic (exact) mass is 345 g/mol. The van der Waals surface area contributed by atoms with Gasteiger partial charge >= 0.3 is 0 Å². The third-order valence-electron chi connectivity index (χ3n) is 3.62. The molecule has 4 nitrogen and oxygen atoms in total. The van der Waals surface area contributed by atoms with Gasteiger partial charge in [0.05, 0.1) is 6.26 Å². The van der Waals surface area contributed by atoms with Crippen molar-refractivity contribution in [2.24, 2.45) is 0 Å². The third-order valence-corrected chi connectivity index (χ3v) is 3.62. The van der Waals surface area contributed by atoms with Gasteiger partial charge in [0.1, 0.15) is 0 Å². The summed E-state index contributed by atoms with van der Waals surface area (Å²) in [5, 5.41) is 0. The maximum Gasteiger partial charge on any atom is 0.261 e. The van der Waals surface area contributed by atoms with E-state index in [1.54, 1.807) is 0 Å². The average molecular weight is 346 g/mol. The van der Waals surface area contributed by atoms with E-state index in [0.29, 0.717) is 6.26 Å². The summed E-state index contributed by atoms with van der Waals surface area (Å²) < 4.78 is 28.2. The van der Waals surface area contributed by atoms with Crippen molar-refractivity contribution in [3.05, 3.63) is 24.0 Å². The molecule has 1 rings (SSSR count). The van der Waals surface area contributed by atoms with Crippen molar-refractivity contribution < 1.29 is 13.0 Å². The first-order valence-corrected chi connectivity index (χ1v) is 10.8. The van der Waals surface area contributed by atoms with Gasteiger partial charge in [-0.3, -0.25) is 4.55 Å². The van der Waals surface area contributed by atoms with Gasteiger partial charge in [-0.25, -0.2) is 0 Å². The molecule has 0 aliphatic carbocycles. The van der Waals surface area contributed by atoms with Crippen molar-refractivity contribution in [3.8, 4) is 0 Å². The van der Waals surface area contributed by atoms with E-state index in [2.05, 4.69) is 36.9 Å². The molecule has 136 valence electrons. The lowest BCUT2D eigenvalue weighted by Gasteiger charge is -2.03. The predicted octanol–water partition coefficient (Wildman–Crippen LogP) is 5.09. The molecular formula is C18H35NO3S. The van der Waals surface area contributed by atoms with E-state index in [1.807, 2.05) is 0 Å². The Morgan fingerprint density at radius 2 is 1.48 bits per heavy atom. The summed E-state index contributed by atoms with van der Waals surface area (Å²) in [7, 11) is -3.67. The van der Waals surface area contributed by atoms with E-state index in [-0.39, 0.29) is 0 Å². The lowest BCUT2D eigenvalue weighted by molar-refractivity contribution is 0.490. The highest BCUT2D eigenvalue weighted by Crippen LogP contribution is 2.10. The number of hydrogen-bond donors (Lipinski definition) is 1. The van der Waals surface area contributed by atoms with Crippen LogP contribution in [-0.4, -0.2) is 23.8 Å². The highest BCUT2D eigenvalue weighted by atomic mass is 32.2. The Bertz CT molecular complexity index is 472. The molecule has 0 bridgehead atoms. The minimum atomic E-state index is -3.67. The molecule has 0 unspecified atom stereocenters. The third kappa shape index (κ3) is 17.4. The van der Waals surface area contributed by atoms with Crippen LogP contribution in [0.4, 0.5) is 0 Å². The van der Waals surface area contributed by atoms with Gasteiger partial charge in [-0.1, -0.05) is 65.2 Å². The summed E-state index contributed by atoms with van der Waals surface area (Å²) in [4.78, 5) is 0. The highest BCUT2D eigenvalue weighted by molar-refractivity contribution is 7.85. The molecule has 0 spiro atoms. The normalized spacial score (nSPS) is 11.1. The van der Waals surface area contributed by atoms with Crippen LogP contribution in [0.25, 0.3) is 0 Å². The van der Waals surface area contributed by atoms with Crippen LogP contribution in [0, 0.1) is 0 Å². The molecule has 1 aromatic rings. The highest BCUT2D eigenvalue weighted by Gasteiger charge is 1.96. The van der Waals surface area contributed by atoms with Crippen molar-refractivity contribution in [2.45, 2.75) is 84.6 Å². The molecule has 0 fully saturated rings. The van der Waals surface area contributed by atoms with Gasteiger partial charge in [0.2, 0.25) is 0 Å². The van der Waals surface area contributed by atoms with E-state index in [0.717, 1.165) is 0 Å². The van der Waals surface area contributed by atoms with Gasteiger partial charge in [-0.05, 0) is 24.5 Å². The second-order valence-corrected chi connectivity index (χ2v) is 7.68. The van der Waals surface area contributed by atoms with Gasteiger partial charge in [-0.15, -0.1) is 0 Å². The predicted molar refractivity (Wildman–Crippen MR) is 98.5 cm³/mol. The Morgan fingerprint density at radius 3 is 2.00 bits per heavy atom. The standard InChI is InChI=1S/C17H31N.CH4O3S/c1-3-5-6-7-8-9-10-11-14-18-15-13-17(16-18)12-4-2;1-5(2,3)4/h13,15-16H,3-12,14H2,1-2H3;1H3,(H,2,3,4). The quantitative estimate of drug-likeness (QED) is 0.449. The molecule has 0 atom stereocenters. The van der Waals surface area contributed by atoms with Crippen LogP contribution in [0.15, 0.2) is 18.5 Å². The second kappa shape index (κ2) is 13.6. The van der Waals surface area contributed by atoms with E-state index >= 15 is 0 Å². The molecule has 5 heteroatoms. The maximum atomic E-state index is 9.19. The van der Waals surface area contributed by atoms with E-state index in [1.165, 1.54) is 76.3 Å². The molecule has 1 heterocycles. The minimum absolute atomic E-state index is 0.715. The first kappa shape index (κ1) is 22.2. The Kier molecular flexibility index (Phi) is 13.1. The average Bonchev–Trinajstić information content (AvgIpc) is 2.88. The van der Waals surface area contributed by atoms with Gasteiger partial charge in [0.15, 0.2) is 0 Å². The van der Waals surface area contributed by atoms with E-state index in [9.17, 15) is 8.42 Å². The van der Waals surface area contributed by atoms with Crippen molar-refractivity contribution in [2.75, 3.05) is 6.26 Å². The van der Waals surface area contributed by atoms with Crippen LogP contribution in [0.5, 0.6) is 0 Å². The van der Waals surface area contributed by atoms with Gasteiger partial charge in [0, 0.05) is 18.9 Å². The zero-order chi connectivity index (χ0) is 17.6. The topological polar surface area (TPSA) is 59.3 Å². The summed E-state index contributed by atoms with van der Waals surface area (Å²) >= 11 is 0. The Labute approximate surface area is 143 Å². The maximum absolute atomic E-state index is 9.19. The molecule has 0 aliphatic heterocycles. The number of aryl methyl sites for hydroxylation is 2. The fourth-order valence-corrected chi connectivity index (χ4v) is 2.49. The van der Waals surface area contributed by atoms with Gasteiger partial charge in [-0.2, -0.15) is 8.42 Å². The van der Waals surface area contributed by atoms with E-state index in [4.69, 9.17) is 4.55 Å². The Balaban J connectivity index is 0.000000841. The summed E-state index contributed by atoms with van der Waals surface area (Å²) in [6.07, 6.45) is 19.0. The van der Waals surface area contributed by atoms with Crippen LogP contribution in [0.2, 0.25) is 0 Å². The summed E-state index contributed by atoms with van der Waals surface area (Å²) in [5.74, 6) is 0. The first-order valence-electron chi connectivity index (χ1n) is 8.94. The molecule has 0 saturated carbocycles. The fraction of sp³-hybridized carbons (Fsp3) is 0.778. The van der Waals surface area contributed by atoms with Crippen LogP contribution in [0.1, 0.15) is 77.2 Å². The molecular weight excluding hydrogens is 310 g/mol. The van der Waals surface area contributed by atoms with Crippen LogP contribution in [-0.2, 0) is 23.1 Å². The molecule has 0 radical (unpaired) electrons. The van der Waals surface area contributed by atoms with Crippen molar-refractivity contribution in [3.63, 3.8) is 0 Å². The number of unbranched alkanes of at least 4 members (excludes halogenated alkanes) is 7. The van der Waals surface area contributed by atoms with Crippen molar-refractivity contribution in [1.82, 2.24) is 4.57 Å². The number of hydrogen-bond acceptors (Lipinski definition) is 2. The van der Waals surface area contributed by atoms with E-state index < -0.39 is 10.1 Å². The smallest absolute Gasteiger partial charge is 0.261 e. The zero-order valence-electron chi connectivity index (χ0n) is 15.1. The molecule has 0 aromatic carbocycles. The van der Waals surface area contributed by atoms with Crippen LogP contribution >= 0.6 is 0 Å². The number of aromatic nitrogens is 1. The number of nitrogens with zero attached hydrogens (tertiary/aromatic N) is 1. The lowest BCUT2D eigenvalue weighted by Crippen LogP contribution is -1.94. The first-order chi connectivity index (χ1) is 10.9. The Morgan fingerprint density at radius 1 is 0.957 bits per heavy atom. The van der Waals surface area contributed by atoms with Crippen molar-refractivity contribution in [1.29, 1.82) is 0 Å². The molecule has 0 aliphatic rings. The number of rotatable bonds is 11. The lowest BCUT2D eigenvalue weighted by atomic mass is 10.1. The molecule has 0 amide bonds. The summed E-state index contributed by atoms with van der Waals surface area (Å²) in [5.41, 5.74) is 1.50. The van der Waals surface area contributed by atoms with Gasteiger partial charge in [0.25, 0.3) is 10.1 Å². The largest absolute Gasteiger partial charge is 0.354 e. The molecule has 0 saturated heterocycles. The van der Waals surface area contributed by atoms with Crippen molar-refractivity contribution >= 4 is 10.1 Å². The second-order valence-electron chi connectivity index (χ2n) is 6.22.